The first-order valence-corrected chi connectivity index (χ1v) is 7.33. The molecule has 1 saturated carbocycles. The normalized spacial score (nSPS) is 20.6. The molecule has 0 bridgehead atoms. The lowest BCUT2D eigenvalue weighted by molar-refractivity contribution is 0.0565. The number of benzene rings is 1. The Morgan fingerprint density at radius 3 is 2.50 bits per heavy atom. The Bertz CT molecular complexity index is 574. The SMILES string of the molecule is CCC1(CN2C(=O)c3cccc(N)c3C2=O)CCCC1. The first-order valence-electron chi connectivity index (χ1n) is 7.33. The molecule has 1 aromatic carbocycles. The van der Waals surface area contributed by atoms with Crippen LogP contribution in [0, 0.1) is 5.41 Å². The van der Waals surface area contributed by atoms with Gasteiger partial charge in [0.2, 0.25) is 0 Å². The van der Waals surface area contributed by atoms with Gasteiger partial charge in [-0.2, -0.15) is 0 Å². The monoisotopic (exact) mass is 272 g/mol. The van der Waals surface area contributed by atoms with E-state index in [0.29, 0.717) is 23.4 Å². The second-order valence-electron chi connectivity index (χ2n) is 6.03. The highest BCUT2D eigenvalue weighted by molar-refractivity contribution is 6.23. The highest BCUT2D eigenvalue weighted by Crippen LogP contribution is 2.43. The summed E-state index contributed by atoms with van der Waals surface area (Å²) in [6.07, 6.45) is 5.60. The van der Waals surface area contributed by atoms with Crippen LogP contribution in [-0.2, 0) is 0 Å². The summed E-state index contributed by atoms with van der Waals surface area (Å²) in [6, 6.07) is 5.10. The van der Waals surface area contributed by atoms with Crippen molar-refractivity contribution in [1.29, 1.82) is 0 Å². The second kappa shape index (κ2) is 4.62. The van der Waals surface area contributed by atoms with Gasteiger partial charge in [-0.05, 0) is 36.8 Å². The van der Waals surface area contributed by atoms with E-state index >= 15 is 0 Å². The first kappa shape index (κ1) is 13.2. The van der Waals surface area contributed by atoms with Crippen LogP contribution in [0.1, 0.15) is 59.7 Å². The van der Waals surface area contributed by atoms with Crippen molar-refractivity contribution in [2.45, 2.75) is 39.0 Å². The minimum absolute atomic E-state index is 0.113. The number of hydrogen-bond donors (Lipinski definition) is 1. The van der Waals surface area contributed by atoms with E-state index in [1.807, 2.05) is 0 Å². The van der Waals surface area contributed by atoms with Crippen LogP contribution in [0.25, 0.3) is 0 Å². The van der Waals surface area contributed by atoms with Gasteiger partial charge < -0.3 is 5.73 Å². The summed E-state index contributed by atoms with van der Waals surface area (Å²) in [4.78, 5) is 26.4. The molecule has 4 heteroatoms. The summed E-state index contributed by atoms with van der Waals surface area (Å²) in [7, 11) is 0. The predicted molar refractivity (Wildman–Crippen MR) is 77.4 cm³/mol. The van der Waals surface area contributed by atoms with Gasteiger partial charge in [0, 0.05) is 12.2 Å². The van der Waals surface area contributed by atoms with E-state index in [9.17, 15) is 9.59 Å². The molecule has 1 heterocycles. The van der Waals surface area contributed by atoms with Crippen molar-refractivity contribution >= 4 is 17.5 Å². The Labute approximate surface area is 118 Å². The van der Waals surface area contributed by atoms with Gasteiger partial charge in [-0.1, -0.05) is 25.8 Å². The molecule has 0 aromatic heterocycles. The van der Waals surface area contributed by atoms with Crippen LogP contribution in [-0.4, -0.2) is 23.3 Å². The minimum Gasteiger partial charge on any atom is -0.398 e. The topological polar surface area (TPSA) is 63.4 Å². The van der Waals surface area contributed by atoms with Gasteiger partial charge >= 0.3 is 0 Å². The van der Waals surface area contributed by atoms with Crippen LogP contribution in [0.2, 0.25) is 0 Å². The minimum atomic E-state index is -0.220. The maximum Gasteiger partial charge on any atom is 0.263 e. The summed E-state index contributed by atoms with van der Waals surface area (Å²) >= 11 is 0. The standard InChI is InChI=1S/C16H20N2O2/c1-2-16(8-3-4-9-16)10-18-14(19)11-6-5-7-12(17)13(11)15(18)20/h5-7H,2-4,8-10,17H2,1H3. The number of nitrogens with zero attached hydrogens (tertiary/aromatic N) is 1. The van der Waals surface area contributed by atoms with Crippen molar-refractivity contribution < 1.29 is 9.59 Å². The van der Waals surface area contributed by atoms with Gasteiger partial charge in [0.25, 0.3) is 11.8 Å². The quantitative estimate of drug-likeness (QED) is 0.679. The number of rotatable bonds is 3. The van der Waals surface area contributed by atoms with Crippen molar-refractivity contribution in [1.82, 2.24) is 4.90 Å². The highest BCUT2D eigenvalue weighted by atomic mass is 16.2. The van der Waals surface area contributed by atoms with E-state index in [-0.39, 0.29) is 17.2 Å². The van der Waals surface area contributed by atoms with E-state index in [0.717, 1.165) is 19.3 Å². The summed E-state index contributed by atoms with van der Waals surface area (Å²) in [5.41, 5.74) is 7.23. The molecular formula is C16H20N2O2. The summed E-state index contributed by atoms with van der Waals surface area (Å²) in [5, 5.41) is 0. The number of imide groups is 1. The number of amides is 2. The maximum absolute atomic E-state index is 12.5. The van der Waals surface area contributed by atoms with E-state index in [4.69, 9.17) is 5.73 Å². The van der Waals surface area contributed by atoms with Crippen molar-refractivity contribution in [3.05, 3.63) is 29.3 Å². The Balaban J connectivity index is 1.92. The average Bonchev–Trinajstić information content (AvgIpc) is 3.00. The van der Waals surface area contributed by atoms with E-state index in [2.05, 4.69) is 6.92 Å². The fourth-order valence-electron chi connectivity index (χ4n) is 3.59. The van der Waals surface area contributed by atoms with Crippen molar-refractivity contribution in [3.8, 4) is 0 Å². The Kier molecular flexibility index (Phi) is 3.04. The Morgan fingerprint density at radius 2 is 1.90 bits per heavy atom. The zero-order valence-electron chi connectivity index (χ0n) is 11.8. The molecule has 0 atom stereocenters. The highest BCUT2D eigenvalue weighted by Gasteiger charge is 2.42. The van der Waals surface area contributed by atoms with Gasteiger partial charge in [0.15, 0.2) is 0 Å². The largest absolute Gasteiger partial charge is 0.398 e. The fraction of sp³-hybridized carbons (Fsp3) is 0.500. The third-order valence-corrected chi connectivity index (χ3v) is 4.94. The zero-order valence-corrected chi connectivity index (χ0v) is 11.8. The molecule has 2 amide bonds. The van der Waals surface area contributed by atoms with E-state index < -0.39 is 0 Å². The van der Waals surface area contributed by atoms with Crippen LogP contribution in [0.3, 0.4) is 0 Å². The van der Waals surface area contributed by atoms with Gasteiger partial charge in [-0.15, -0.1) is 0 Å². The summed E-state index contributed by atoms with van der Waals surface area (Å²) in [6.45, 7) is 2.69. The average molecular weight is 272 g/mol. The molecule has 1 aliphatic heterocycles. The number of hydrogen-bond acceptors (Lipinski definition) is 3. The molecule has 0 unspecified atom stereocenters. The summed E-state index contributed by atoms with van der Waals surface area (Å²) < 4.78 is 0. The van der Waals surface area contributed by atoms with Crippen LogP contribution >= 0.6 is 0 Å². The van der Waals surface area contributed by atoms with Crippen LogP contribution < -0.4 is 5.73 Å². The summed E-state index contributed by atoms with van der Waals surface area (Å²) in [5.74, 6) is -0.403. The number of carbonyl (C=O) groups is 2. The van der Waals surface area contributed by atoms with Gasteiger partial charge in [-0.3, -0.25) is 14.5 Å². The smallest absolute Gasteiger partial charge is 0.263 e. The number of nitrogens with two attached hydrogens (primary N) is 1. The molecule has 1 fully saturated rings. The van der Waals surface area contributed by atoms with Gasteiger partial charge in [-0.25, -0.2) is 0 Å². The molecule has 2 aliphatic rings. The van der Waals surface area contributed by atoms with Crippen LogP contribution in [0.15, 0.2) is 18.2 Å². The zero-order chi connectivity index (χ0) is 14.3. The third kappa shape index (κ3) is 1.82. The molecule has 0 spiro atoms. The molecule has 1 aromatic rings. The van der Waals surface area contributed by atoms with Crippen LogP contribution in [0.5, 0.6) is 0 Å². The fourth-order valence-corrected chi connectivity index (χ4v) is 3.59. The third-order valence-electron chi connectivity index (χ3n) is 4.94. The Hall–Kier alpha value is -1.84. The molecule has 0 radical (unpaired) electrons. The first-order chi connectivity index (χ1) is 9.58. The number of nitrogen functional groups attached to an aromatic ring is 1. The lowest BCUT2D eigenvalue weighted by Gasteiger charge is -2.31. The van der Waals surface area contributed by atoms with Crippen molar-refractivity contribution in [2.75, 3.05) is 12.3 Å². The van der Waals surface area contributed by atoms with Crippen molar-refractivity contribution in [3.63, 3.8) is 0 Å². The maximum atomic E-state index is 12.5. The number of carbonyl (C=O) groups excluding carboxylic acids is 2. The second-order valence-corrected chi connectivity index (χ2v) is 6.03. The van der Waals surface area contributed by atoms with E-state index in [1.165, 1.54) is 17.7 Å². The predicted octanol–water partition coefficient (Wildman–Crippen LogP) is 2.84. The molecule has 4 nitrogen and oxygen atoms in total. The van der Waals surface area contributed by atoms with Crippen molar-refractivity contribution in [2.24, 2.45) is 5.41 Å². The molecule has 20 heavy (non-hydrogen) atoms. The van der Waals surface area contributed by atoms with Gasteiger partial charge in [0.1, 0.15) is 0 Å². The van der Waals surface area contributed by atoms with Crippen LogP contribution in [0.4, 0.5) is 5.69 Å². The molecule has 3 rings (SSSR count). The lowest BCUT2D eigenvalue weighted by Crippen LogP contribution is -2.39. The number of fused-ring (bicyclic) bond motifs is 1. The van der Waals surface area contributed by atoms with E-state index in [1.54, 1.807) is 18.2 Å². The molecule has 2 N–H and O–H groups in total. The lowest BCUT2D eigenvalue weighted by atomic mass is 9.83. The molecule has 106 valence electrons. The molecule has 1 aliphatic carbocycles. The molecular weight excluding hydrogens is 252 g/mol. The number of anilines is 1. The Morgan fingerprint density at radius 1 is 1.20 bits per heavy atom. The molecule has 0 saturated heterocycles. The van der Waals surface area contributed by atoms with Gasteiger partial charge in [0.05, 0.1) is 11.1 Å².